The van der Waals surface area contributed by atoms with E-state index in [0.717, 1.165) is 138 Å². The molecule has 7 saturated carbocycles. The van der Waals surface area contributed by atoms with Gasteiger partial charge in [0.2, 0.25) is 17.7 Å². The van der Waals surface area contributed by atoms with Gasteiger partial charge in [0.1, 0.15) is 40.8 Å². The Morgan fingerprint density at radius 1 is 0.434 bits per heavy atom. The molecule has 8 N–H and O–H groups in total. The number of ether oxygens (including phenoxy) is 1. The molecule has 0 unspecified atom stereocenters. The highest BCUT2D eigenvalue weighted by Crippen LogP contribution is 2.77. The summed E-state index contributed by atoms with van der Waals surface area (Å²) in [6, 6.07) is 50.8. The van der Waals surface area contributed by atoms with Crippen LogP contribution in [0.1, 0.15) is 264 Å². The molecule has 8 aromatic carbocycles. The van der Waals surface area contributed by atoms with Crippen molar-refractivity contribution in [2.75, 3.05) is 42.1 Å². The lowest BCUT2D eigenvalue weighted by atomic mass is 9.51. The van der Waals surface area contributed by atoms with Crippen LogP contribution in [0.15, 0.2) is 170 Å². The monoisotopic (exact) mass is 1970 g/mol. The van der Waals surface area contributed by atoms with E-state index in [1.54, 1.807) is 66.7 Å². The summed E-state index contributed by atoms with van der Waals surface area (Å²) in [4.78, 5) is 93.0. The summed E-state index contributed by atoms with van der Waals surface area (Å²) in [5.74, 6) is -7.50. The number of anilines is 3. The minimum atomic E-state index is -1.36. The number of esters is 1. The van der Waals surface area contributed by atoms with Crippen molar-refractivity contribution < 1.29 is 62.0 Å². The highest BCUT2D eigenvalue weighted by Gasteiger charge is 2.80. The van der Waals surface area contributed by atoms with Crippen LogP contribution in [0.4, 0.5) is 30.2 Å². The number of carboxylic acids is 1. The number of benzene rings is 8. The van der Waals surface area contributed by atoms with E-state index >= 15 is 18.0 Å². The molecular formula is C110H122Cl6F3N7O10. The largest absolute Gasteiger partial charge is 0.481 e. The van der Waals surface area contributed by atoms with Crippen molar-refractivity contribution in [1.82, 2.24) is 14.7 Å². The molecule has 22 rings (SSSR count). The van der Waals surface area contributed by atoms with Gasteiger partial charge in [0.05, 0.1) is 50.1 Å². The molecule has 8 aromatic rings. The maximum atomic E-state index is 16.5. The van der Waals surface area contributed by atoms with Gasteiger partial charge in [-0.1, -0.05) is 226 Å². The summed E-state index contributed by atoms with van der Waals surface area (Å²) < 4.78 is 54.7. The van der Waals surface area contributed by atoms with E-state index in [1.165, 1.54) is 31.0 Å². The molecular weight excluding hydrogens is 1850 g/mol. The minimum Gasteiger partial charge on any atom is -0.481 e. The van der Waals surface area contributed by atoms with E-state index in [9.17, 15) is 34.2 Å². The predicted octanol–water partition coefficient (Wildman–Crippen LogP) is 23.8. The van der Waals surface area contributed by atoms with Crippen molar-refractivity contribution in [3.8, 4) is 0 Å². The second-order valence-corrected chi connectivity index (χ2v) is 46.9. The minimum absolute atomic E-state index is 0.0105. The Labute approximate surface area is 824 Å². The fraction of sp³-hybridized carbons (Fsp3) is 0.509. The van der Waals surface area contributed by atoms with Gasteiger partial charge in [0.25, 0.3) is 0 Å². The highest BCUT2D eigenvalue weighted by atomic mass is 35.5. The lowest BCUT2D eigenvalue weighted by molar-refractivity contribution is -0.184. The number of nitrogens with two attached hydrogens (primary N) is 1. The number of morpholine rings is 1. The first-order valence-corrected chi connectivity index (χ1v) is 51.2. The number of carbonyl (C=O) groups excluding carboxylic acids is 5. The summed E-state index contributed by atoms with van der Waals surface area (Å²) in [7, 11) is 0. The normalized spacial score (nSPS) is 31.2. The molecule has 0 radical (unpaired) electrons. The Hall–Kier alpha value is -7.93. The van der Waals surface area contributed by atoms with Crippen LogP contribution in [-0.4, -0.2) is 134 Å². The third-order valence-electron chi connectivity index (χ3n) is 35.4. The van der Waals surface area contributed by atoms with E-state index in [0.29, 0.717) is 106 Å². The number of fused-ring (bicyclic) bond motifs is 11. The molecule has 7 heterocycles. The Kier molecular flexibility index (Phi) is 26.3. The lowest BCUT2D eigenvalue weighted by Crippen LogP contribution is -2.64. The first-order chi connectivity index (χ1) is 64.8. The molecule has 14 aliphatic rings. The van der Waals surface area contributed by atoms with Crippen molar-refractivity contribution in [2.24, 2.45) is 50.6 Å². The van der Waals surface area contributed by atoms with Crippen LogP contribution in [0.5, 0.6) is 0 Å². The van der Waals surface area contributed by atoms with Crippen molar-refractivity contribution >= 4 is 122 Å². The van der Waals surface area contributed by atoms with Gasteiger partial charge in [-0.3, -0.25) is 43.5 Å². The first kappa shape index (κ1) is 96.9. The zero-order chi connectivity index (χ0) is 96.0. The van der Waals surface area contributed by atoms with Crippen LogP contribution in [0.25, 0.3) is 0 Å². The molecule has 11 atom stereocenters. The molecule has 26 heteroatoms. The molecule has 11 fully saturated rings. The Bertz CT molecular complexity index is 5950. The second kappa shape index (κ2) is 36.9. The highest BCUT2D eigenvalue weighted by molar-refractivity contribution is 6.33. The number of amides is 3. The smallest absolute Gasteiger partial charge is 0.324 e. The van der Waals surface area contributed by atoms with Crippen molar-refractivity contribution in [3.05, 3.63) is 262 Å². The molecule has 3 amide bonds. The van der Waals surface area contributed by atoms with Crippen LogP contribution >= 0.6 is 69.6 Å². The predicted molar refractivity (Wildman–Crippen MR) is 527 cm³/mol. The molecule has 17 nitrogen and oxygen atoms in total. The quantitative estimate of drug-likeness (QED) is 0.0596. The summed E-state index contributed by atoms with van der Waals surface area (Å²) in [6.45, 7) is 16.7. The number of aliphatic hydroxyl groups is 2. The summed E-state index contributed by atoms with van der Waals surface area (Å²) in [5.41, 5.74) is 7.06. The third kappa shape index (κ3) is 16.3. The number of β-amino-alcohol motifs (C(OH)–C–C–N with tert-alkyl or cyclic N) is 2. The van der Waals surface area contributed by atoms with Crippen molar-refractivity contribution in [3.63, 3.8) is 0 Å². The molecule has 720 valence electrons. The summed E-state index contributed by atoms with van der Waals surface area (Å²) in [5, 5.41) is 39.9. The molecule has 7 aliphatic heterocycles. The number of halogens is 9. The van der Waals surface area contributed by atoms with E-state index in [-0.39, 0.29) is 84.1 Å². The number of nitrogens with one attached hydrogen (secondary N) is 3. The van der Waals surface area contributed by atoms with Crippen LogP contribution < -0.4 is 21.7 Å². The second-order valence-electron chi connectivity index (χ2n) is 44.4. The zero-order valence-corrected chi connectivity index (χ0v) is 82.4. The lowest BCUT2D eigenvalue weighted by Gasteiger charge is -2.57. The molecule has 7 aliphatic carbocycles. The number of likely N-dealkylation sites (tertiary alicyclic amines) is 2. The number of cyclic esters (lactones) is 1. The van der Waals surface area contributed by atoms with Gasteiger partial charge >= 0.3 is 11.9 Å². The number of hydrogen-bond acceptors (Lipinski definition) is 13. The van der Waals surface area contributed by atoms with Crippen LogP contribution in [0.3, 0.4) is 0 Å². The van der Waals surface area contributed by atoms with E-state index in [2.05, 4.69) is 84.3 Å². The van der Waals surface area contributed by atoms with E-state index in [4.69, 9.17) is 85.2 Å². The van der Waals surface area contributed by atoms with Gasteiger partial charge in [-0.15, -0.1) is 0 Å². The molecule has 4 saturated heterocycles. The maximum absolute atomic E-state index is 16.5. The van der Waals surface area contributed by atoms with Crippen molar-refractivity contribution in [1.29, 1.82) is 0 Å². The van der Waals surface area contributed by atoms with Crippen molar-refractivity contribution in [2.45, 2.75) is 277 Å². The number of rotatable bonds is 11. The Balaban J connectivity index is 0.000000124. The average Bonchev–Trinajstić information content (AvgIpc) is 1.48. The number of carbonyl (C=O) groups is 6. The third-order valence-corrected chi connectivity index (χ3v) is 37.0. The van der Waals surface area contributed by atoms with Crippen LogP contribution in [0, 0.1) is 62.3 Å². The summed E-state index contributed by atoms with van der Waals surface area (Å²) >= 11 is 38.2. The van der Waals surface area contributed by atoms with Crippen LogP contribution in [-0.2, 0) is 49.7 Å². The number of aliphatic carboxylic acids is 1. The average molecular weight is 1970 g/mol. The molecule has 0 bridgehead atoms. The van der Waals surface area contributed by atoms with Gasteiger partial charge in [0.15, 0.2) is 0 Å². The molecule has 6 spiro atoms. The first-order valence-electron chi connectivity index (χ1n) is 48.9. The van der Waals surface area contributed by atoms with Crippen LogP contribution in [0.2, 0.25) is 30.1 Å². The number of ketones is 1. The number of Topliss-reactive ketones (excluding diaryl/α,β-unsaturated/α-hetero) is 1. The molecule has 136 heavy (non-hydrogen) atoms. The molecule has 0 aromatic heterocycles. The van der Waals surface area contributed by atoms with Gasteiger partial charge in [-0.25, -0.2) is 13.2 Å². The number of carboxylic acid groups (broad SMARTS) is 1. The number of hydrogen-bond donors (Lipinski definition) is 7. The van der Waals surface area contributed by atoms with Gasteiger partial charge in [-0.05, 0) is 273 Å². The Morgan fingerprint density at radius 2 is 0.801 bits per heavy atom. The fourth-order valence-electron chi connectivity index (χ4n) is 28.5. The number of aliphatic hydroxyl groups excluding tert-OH is 2. The SMILES string of the molecule is CC1(C)CCC2(CC1)C[C@@H](C(=O)CC1CCC(N3CC(O)C3)CC1)[C@H](c1cccc(Cl)c1F)[C@]21C(=O)Nc2cc(Cl)ccc21.CC1(C)CCC2(CC1)C[C@@H](C(=O)O)[C@H](c1cccc(Cl)c1F)[C@]21C(=O)Nc2cc(Cl)ccc21.CC1(C)CCC2(CC1)N1[C@H](c3ccccc3)[C@H](c3ccccc3)OC(=O)[C@H]1[C@H](c1cccc(Cl)c1F)[C@@]21C(=O)Nc2cc(Cl)ccc21.NC1CCC(N2CC(O)C2)CC1. The van der Waals surface area contributed by atoms with Gasteiger partial charge in [0, 0.05) is 112 Å². The Morgan fingerprint density at radius 3 is 1.21 bits per heavy atom. The van der Waals surface area contributed by atoms with E-state index in [1.807, 2.05) is 72.8 Å². The fourth-order valence-corrected chi connectivity index (χ4v) is 29.5. The van der Waals surface area contributed by atoms with Gasteiger partial charge in [-0.2, -0.15) is 0 Å². The topological polar surface area (TPSA) is 244 Å². The zero-order valence-electron chi connectivity index (χ0n) is 77.9. The standard InChI is InChI=1S/C39H35Cl2FN2O3.C36H43Cl2FN2O3.C26H26Cl2FNO3.C9H18N2O/c1-37(2)18-20-38(21-19-37)39(27-17-16-25(40)22-29(27)43-36(39)46)30(26-14-9-15-28(41)31(26)42)33-35(45)47-34(24-12-7-4-8-13-24)32(44(33)38)23-10-5-3-6-11-23;1-34(2)12-14-35(15-13-34)18-26(30(43)16-21-6-9-23(10-7-21)41-19-24(42)20-41)31(25-4-3-5-28(38)32(25)39)36(35)27-11-8-22(37)17-29(27)40-33(36)44;1-24(2)8-10-25(11-9-24)13-16(22(31)32)20(15-4-3-5-18(28)21(15)29)26(25)17-7-6-14(27)12-19(17)30-23(26)33;10-7-1-3-8(4-2-7)11-5-9(12)6-11/h3-17,22,30,32-34H,18-21H2,1-2H3,(H,43,46);3-5,8,11,17,21,23-24,26,31,42H,6-7,9-10,12-16,18-20H2,1-2H3,(H,40,44);3-7,12,16,20H,8-11,13H2,1-2H3,(H,30,33)(H,31,32);7-9,12H,1-6,10H2/t30-,32+,33+,34-,39-;21?,23?,26-,31-,36+;16-,20+,26-;/m001./s1. The maximum Gasteiger partial charge on any atom is 0.324 e. The number of nitrogens with zero attached hydrogens (tertiary/aromatic N) is 3. The summed E-state index contributed by atoms with van der Waals surface area (Å²) in [6.07, 6.45) is 18.6. The van der Waals surface area contributed by atoms with E-state index < -0.39 is 110 Å². The van der Waals surface area contributed by atoms with Gasteiger partial charge < -0.3 is 41.7 Å².